The fraction of sp³-hybridized carbons (Fsp3) is 0.452. The molecular formula is C31H42NO5P. The van der Waals surface area contributed by atoms with Crippen LogP contribution < -0.4 is 14.9 Å². The Kier molecular flexibility index (Phi) is 10.4. The van der Waals surface area contributed by atoms with Crippen molar-refractivity contribution in [3.8, 4) is 11.5 Å². The van der Waals surface area contributed by atoms with Crippen molar-refractivity contribution in [1.29, 1.82) is 0 Å². The van der Waals surface area contributed by atoms with Crippen molar-refractivity contribution in [3.63, 3.8) is 0 Å². The molecule has 3 unspecified atom stereocenters. The van der Waals surface area contributed by atoms with Crippen LogP contribution in [0, 0.1) is 5.92 Å². The van der Waals surface area contributed by atoms with Gasteiger partial charge in [-0.15, -0.1) is 0 Å². The number of ether oxygens (including phenoxy) is 1. The molecule has 206 valence electrons. The second-order valence-electron chi connectivity index (χ2n) is 10.4. The molecule has 0 saturated heterocycles. The monoisotopic (exact) mass is 539 g/mol. The number of aromatic hydroxyl groups is 1. The molecule has 1 aliphatic rings. The molecule has 0 radical (unpaired) electrons. The molecule has 0 saturated carbocycles. The van der Waals surface area contributed by atoms with Crippen LogP contribution in [0.2, 0.25) is 0 Å². The summed E-state index contributed by atoms with van der Waals surface area (Å²) in [4.78, 5) is 12.3. The first-order valence-electron chi connectivity index (χ1n) is 13.5. The van der Waals surface area contributed by atoms with Crippen molar-refractivity contribution in [1.82, 2.24) is 5.09 Å². The number of rotatable bonds is 12. The molecule has 0 aromatic heterocycles. The summed E-state index contributed by atoms with van der Waals surface area (Å²) in [5.41, 5.74) is 3.77. The first kappa shape index (κ1) is 29.7. The Morgan fingerprint density at radius 2 is 1.95 bits per heavy atom. The van der Waals surface area contributed by atoms with Crippen molar-refractivity contribution in [2.45, 2.75) is 78.2 Å². The van der Waals surface area contributed by atoms with E-state index in [4.69, 9.17) is 9.26 Å². The van der Waals surface area contributed by atoms with E-state index in [2.05, 4.69) is 31.6 Å². The van der Waals surface area contributed by atoms with Gasteiger partial charge in [-0.2, -0.15) is 0 Å². The quantitative estimate of drug-likeness (QED) is 0.129. The minimum atomic E-state index is -3.83. The standard InChI is InChI=1S/C31H42NO5P/c1-7-8-10-13-24-19-28(33)30(27-18-22(4)16-17-26(27)21(2)3)29(20-24)37-38(35,25-14-11-9-12-15-25)32-23(5)31(34)36-6/h9,11-12,14-15,18-20,23,26-27,33H,2,7-8,10,13,16-17H2,1,3-6H3,(H,32,35)/t23-,26?,27?,38?/m0/s1. The minimum Gasteiger partial charge on any atom is -0.507 e. The summed E-state index contributed by atoms with van der Waals surface area (Å²) in [5.74, 6) is -0.138. The van der Waals surface area contributed by atoms with Crippen LogP contribution in [0.25, 0.3) is 0 Å². The SMILES string of the molecule is C=C(C)C1CCC(C)=CC1c1c(O)cc(CCCCC)cc1OP(=O)(N[C@@H](C)C(=O)OC)c1ccccc1. The number of carbonyl (C=O) groups excluding carboxylic acids is 1. The summed E-state index contributed by atoms with van der Waals surface area (Å²) in [5, 5.41) is 14.8. The van der Waals surface area contributed by atoms with Gasteiger partial charge in [0.2, 0.25) is 0 Å². The second-order valence-corrected chi connectivity index (χ2v) is 12.4. The Balaban J connectivity index is 2.18. The zero-order valence-electron chi connectivity index (χ0n) is 23.3. The highest BCUT2D eigenvalue weighted by Crippen LogP contribution is 2.51. The third-order valence-electron chi connectivity index (χ3n) is 7.20. The lowest BCUT2D eigenvalue weighted by Crippen LogP contribution is -2.37. The van der Waals surface area contributed by atoms with Gasteiger partial charge in [-0.25, -0.2) is 5.09 Å². The number of benzene rings is 2. The molecule has 0 spiro atoms. The van der Waals surface area contributed by atoms with Crippen LogP contribution in [0.3, 0.4) is 0 Å². The van der Waals surface area contributed by atoms with Gasteiger partial charge in [0.1, 0.15) is 17.5 Å². The van der Waals surface area contributed by atoms with E-state index in [-0.39, 0.29) is 17.6 Å². The summed E-state index contributed by atoms with van der Waals surface area (Å²) in [7, 11) is -2.54. The summed E-state index contributed by atoms with van der Waals surface area (Å²) < 4.78 is 25.9. The third-order valence-corrected chi connectivity index (χ3v) is 9.36. The Morgan fingerprint density at radius 1 is 1.24 bits per heavy atom. The number of nitrogens with one attached hydrogen (secondary N) is 1. The molecule has 6 nitrogen and oxygen atoms in total. The van der Waals surface area contributed by atoms with E-state index in [1.807, 2.05) is 25.1 Å². The van der Waals surface area contributed by atoms with Gasteiger partial charge in [0, 0.05) is 11.5 Å². The molecule has 0 fully saturated rings. The Labute approximate surface area is 227 Å². The molecule has 38 heavy (non-hydrogen) atoms. The third kappa shape index (κ3) is 7.18. The molecule has 3 rings (SSSR count). The molecule has 2 aromatic carbocycles. The van der Waals surface area contributed by atoms with E-state index < -0.39 is 19.5 Å². The lowest BCUT2D eigenvalue weighted by molar-refractivity contribution is -0.142. The second kappa shape index (κ2) is 13.3. The van der Waals surface area contributed by atoms with Gasteiger partial charge in [-0.1, -0.05) is 61.8 Å². The molecule has 1 aliphatic carbocycles. The number of methoxy groups -OCH3 is 1. The summed E-state index contributed by atoms with van der Waals surface area (Å²) in [6.07, 6.45) is 7.93. The maximum absolute atomic E-state index is 14.6. The topological polar surface area (TPSA) is 84.9 Å². The van der Waals surface area contributed by atoms with Crippen LogP contribution in [0.1, 0.15) is 76.8 Å². The Hall–Kier alpha value is -2.82. The minimum absolute atomic E-state index is 0.107. The number of unbranched alkanes of at least 4 members (excludes halogenated alkanes) is 2. The van der Waals surface area contributed by atoms with Crippen molar-refractivity contribution in [2.75, 3.05) is 7.11 Å². The van der Waals surface area contributed by atoms with Gasteiger partial charge in [0.15, 0.2) is 0 Å². The summed E-state index contributed by atoms with van der Waals surface area (Å²) >= 11 is 0. The van der Waals surface area contributed by atoms with Crippen LogP contribution in [0.5, 0.6) is 11.5 Å². The molecule has 4 atom stereocenters. The van der Waals surface area contributed by atoms with Crippen molar-refractivity contribution in [2.24, 2.45) is 5.92 Å². The number of hydrogen-bond acceptors (Lipinski definition) is 5. The smallest absolute Gasteiger partial charge is 0.347 e. The molecule has 7 heteroatoms. The van der Waals surface area contributed by atoms with Gasteiger partial charge >= 0.3 is 13.5 Å². The van der Waals surface area contributed by atoms with Gasteiger partial charge < -0.3 is 14.4 Å². The average molecular weight is 540 g/mol. The predicted molar refractivity (Wildman–Crippen MR) is 154 cm³/mol. The Morgan fingerprint density at radius 3 is 2.58 bits per heavy atom. The van der Waals surface area contributed by atoms with E-state index in [0.717, 1.165) is 49.7 Å². The first-order chi connectivity index (χ1) is 18.1. The highest BCUT2D eigenvalue weighted by molar-refractivity contribution is 7.65. The number of aryl methyl sites for hydroxylation is 1. The van der Waals surface area contributed by atoms with E-state index in [9.17, 15) is 14.5 Å². The fourth-order valence-electron chi connectivity index (χ4n) is 5.11. The average Bonchev–Trinajstić information content (AvgIpc) is 2.88. The zero-order chi connectivity index (χ0) is 27.9. The van der Waals surface area contributed by atoms with Crippen LogP contribution >= 0.6 is 7.52 Å². The lowest BCUT2D eigenvalue weighted by atomic mass is 9.73. The van der Waals surface area contributed by atoms with E-state index >= 15 is 0 Å². The Bertz CT molecular complexity index is 1210. The summed E-state index contributed by atoms with van der Waals surface area (Å²) in [6.45, 7) is 12.1. The van der Waals surface area contributed by atoms with Gasteiger partial charge in [0.05, 0.1) is 12.4 Å². The van der Waals surface area contributed by atoms with Crippen LogP contribution in [-0.4, -0.2) is 24.2 Å². The first-order valence-corrected chi connectivity index (χ1v) is 15.1. The molecule has 0 heterocycles. The highest BCUT2D eigenvalue weighted by atomic mass is 31.2. The number of phenols is 1. The van der Waals surface area contributed by atoms with Crippen molar-refractivity contribution >= 4 is 18.8 Å². The maximum atomic E-state index is 14.6. The van der Waals surface area contributed by atoms with E-state index in [1.54, 1.807) is 31.2 Å². The molecular weight excluding hydrogens is 497 g/mol. The lowest BCUT2D eigenvalue weighted by Gasteiger charge is -2.33. The zero-order valence-corrected chi connectivity index (χ0v) is 24.2. The number of carbonyl (C=O) groups is 1. The molecule has 0 aliphatic heterocycles. The normalized spacial score (nSPS) is 19.7. The number of phenolic OH excluding ortho intramolecular Hbond substituents is 1. The van der Waals surface area contributed by atoms with Gasteiger partial charge in [0.25, 0.3) is 0 Å². The van der Waals surface area contributed by atoms with Crippen LogP contribution in [0.15, 0.2) is 66.3 Å². The molecule has 0 amide bonds. The van der Waals surface area contributed by atoms with Crippen LogP contribution in [-0.2, 0) is 20.5 Å². The number of allylic oxidation sites excluding steroid dienone is 3. The highest BCUT2D eigenvalue weighted by Gasteiger charge is 2.36. The fourth-order valence-corrected chi connectivity index (χ4v) is 7.02. The van der Waals surface area contributed by atoms with Gasteiger partial charge in [-0.3, -0.25) is 9.36 Å². The van der Waals surface area contributed by atoms with Gasteiger partial charge in [-0.05, 0) is 82.2 Å². The number of hydrogen-bond donors (Lipinski definition) is 2. The summed E-state index contributed by atoms with van der Waals surface area (Å²) in [6, 6.07) is 11.6. The van der Waals surface area contributed by atoms with E-state index in [0.29, 0.717) is 16.6 Å². The molecule has 2 N–H and O–H groups in total. The van der Waals surface area contributed by atoms with E-state index in [1.165, 1.54) is 12.7 Å². The number of esters is 1. The molecule has 0 bridgehead atoms. The molecule has 2 aromatic rings. The van der Waals surface area contributed by atoms with Crippen molar-refractivity contribution in [3.05, 3.63) is 77.4 Å². The predicted octanol–water partition coefficient (Wildman–Crippen LogP) is 7.19. The van der Waals surface area contributed by atoms with Crippen LogP contribution in [0.4, 0.5) is 0 Å². The largest absolute Gasteiger partial charge is 0.507 e. The maximum Gasteiger partial charge on any atom is 0.347 e. The van der Waals surface area contributed by atoms with Crippen molar-refractivity contribution < 1.29 is 23.7 Å².